The summed E-state index contributed by atoms with van der Waals surface area (Å²) in [5, 5.41) is 0. The van der Waals surface area contributed by atoms with Crippen LogP contribution in [0.25, 0.3) is 0 Å². The van der Waals surface area contributed by atoms with Gasteiger partial charge in [0.05, 0.1) is 5.75 Å². The zero-order chi connectivity index (χ0) is 15.3. The lowest BCUT2D eigenvalue weighted by Crippen LogP contribution is -2.44. The van der Waals surface area contributed by atoms with Gasteiger partial charge < -0.3 is 5.73 Å². The van der Waals surface area contributed by atoms with Gasteiger partial charge in [0, 0.05) is 18.3 Å². The Kier molecular flexibility index (Phi) is 5.61. The zero-order valence-electron chi connectivity index (χ0n) is 12.6. The molecule has 0 aliphatic carbocycles. The van der Waals surface area contributed by atoms with Gasteiger partial charge in [0.2, 0.25) is 10.0 Å². The second-order valence-corrected chi connectivity index (χ2v) is 7.61. The third kappa shape index (κ3) is 5.30. The number of nitrogens with zero attached hydrogens (tertiary/aromatic N) is 1. The largest absolute Gasteiger partial charge is 0.399 e. The summed E-state index contributed by atoms with van der Waals surface area (Å²) in [7, 11) is -3.32. The minimum absolute atomic E-state index is 0.0231. The van der Waals surface area contributed by atoms with E-state index in [9.17, 15) is 8.42 Å². The van der Waals surface area contributed by atoms with Crippen molar-refractivity contribution in [1.29, 1.82) is 0 Å². The van der Waals surface area contributed by atoms with E-state index in [1.807, 2.05) is 0 Å². The SMILES string of the molecule is CC(CNS(=O)(=O)Cc1cccc(N)c1)N1CCCCC1. The molecule has 1 fully saturated rings. The van der Waals surface area contributed by atoms with Crippen LogP contribution >= 0.6 is 0 Å². The molecule has 0 bridgehead atoms. The first-order chi connectivity index (χ1) is 9.96. The maximum Gasteiger partial charge on any atom is 0.215 e. The van der Waals surface area contributed by atoms with Crippen LogP contribution in [0.3, 0.4) is 0 Å². The molecule has 0 saturated carbocycles. The van der Waals surface area contributed by atoms with Crippen molar-refractivity contribution in [2.24, 2.45) is 0 Å². The second-order valence-electron chi connectivity index (χ2n) is 5.80. The fourth-order valence-corrected chi connectivity index (χ4v) is 3.90. The zero-order valence-corrected chi connectivity index (χ0v) is 13.4. The molecule has 3 N–H and O–H groups in total. The van der Waals surface area contributed by atoms with Crippen LogP contribution in [0.2, 0.25) is 0 Å². The Labute approximate surface area is 127 Å². The molecule has 21 heavy (non-hydrogen) atoms. The Morgan fingerprint density at radius 1 is 1.29 bits per heavy atom. The lowest BCUT2D eigenvalue weighted by molar-refractivity contribution is 0.175. The van der Waals surface area contributed by atoms with Crippen LogP contribution in [0, 0.1) is 0 Å². The standard InChI is InChI=1S/C15H25N3O2S/c1-13(18-8-3-2-4-9-18)11-17-21(19,20)12-14-6-5-7-15(16)10-14/h5-7,10,13,17H,2-4,8-9,11-12,16H2,1H3. The van der Waals surface area contributed by atoms with Gasteiger partial charge in [0.1, 0.15) is 0 Å². The smallest absolute Gasteiger partial charge is 0.215 e. The number of hydrogen-bond donors (Lipinski definition) is 2. The number of piperidine rings is 1. The van der Waals surface area contributed by atoms with Crippen LogP contribution in [-0.2, 0) is 15.8 Å². The molecule has 1 aliphatic rings. The van der Waals surface area contributed by atoms with E-state index < -0.39 is 10.0 Å². The molecule has 6 heteroatoms. The van der Waals surface area contributed by atoms with Gasteiger partial charge in [-0.1, -0.05) is 18.6 Å². The highest BCUT2D eigenvalue weighted by Crippen LogP contribution is 2.13. The summed E-state index contributed by atoms with van der Waals surface area (Å²) in [6, 6.07) is 7.25. The Hall–Kier alpha value is -1.11. The first kappa shape index (κ1) is 16.3. The third-order valence-corrected chi connectivity index (χ3v) is 5.24. The predicted octanol–water partition coefficient (Wildman–Crippen LogP) is 1.56. The van der Waals surface area contributed by atoms with Crippen LogP contribution < -0.4 is 10.5 Å². The van der Waals surface area contributed by atoms with Crippen LogP contribution in [-0.4, -0.2) is 39.0 Å². The molecule has 0 aromatic heterocycles. The van der Waals surface area contributed by atoms with E-state index in [-0.39, 0.29) is 11.8 Å². The quantitative estimate of drug-likeness (QED) is 0.782. The van der Waals surface area contributed by atoms with Crippen molar-refractivity contribution < 1.29 is 8.42 Å². The number of nitrogens with two attached hydrogens (primary N) is 1. The van der Waals surface area contributed by atoms with E-state index in [0.717, 1.165) is 13.1 Å². The first-order valence-electron chi connectivity index (χ1n) is 7.52. The number of nitrogen functional groups attached to an aromatic ring is 1. The van der Waals surface area contributed by atoms with Crippen molar-refractivity contribution in [2.75, 3.05) is 25.4 Å². The van der Waals surface area contributed by atoms with Crippen molar-refractivity contribution in [3.63, 3.8) is 0 Å². The molecule has 1 aromatic rings. The lowest BCUT2D eigenvalue weighted by Gasteiger charge is -2.32. The number of rotatable bonds is 6. The summed E-state index contributed by atoms with van der Waals surface area (Å²) in [6.45, 7) is 4.68. The molecule has 1 unspecified atom stereocenters. The van der Waals surface area contributed by atoms with Crippen molar-refractivity contribution in [3.8, 4) is 0 Å². The molecule has 1 saturated heterocycles. The Balaban J connectivity index is 1.86. The highest BCUT2D eigenvalue weighted by atomic mass is 32.2. The third-order valence-electron chi connectivity index (χ3n) is 3.92. The van der Waals surface area contributed by atoms with Gasteiger partial charge in [0.25, 0.3) is 0 Å². The average molecular weight is 311 g/mol. The van der Waals surface area contributed by atoms with Crippen LogP contribution in [0.4, 0.5) is 5.69 Å². The summed E-state index contributed by atoms with van der Waals surface area (Å²) in [5.74, 6) is -0.0231. The molecular formula is C15H25N3O2S. The van der Waals surface area contributed by atoms with Crippen molar-refractivity contribution in [3.05, 3.63) is 29.8 Å². The fourth-order valence-electron chi connectivity index (χ4n) is 2.69. The van der Waals surface area contributed by atoms with Gasteiger partial charge in [-0.05, 0) is 50.6 Å². The maximum atomic E-state index is 12.1. The van der Waals surface area contributed by atoms with Crippen molar-refractivity contribution >= 4 is 15.7 Å². The summed E-state index contributed by atoms with van der Waals surface area (Å²) in [5.41, 5.74) is 6.98. The van der Waals surface area contributed by atoms with Crippen molar-refractivity contribution in [1.82, 2.24) is 9.62 Å². The molecule has 5 nitrogen and oxygen atoms in total. The monoisotopic (exact) mass is 311 g/mol. The highest BCUT2D eigenvalue weighted by molar-refractivity contribution is 7.88. The number of likely N-dealkylation sites (tertiary alicyclic amines) is 1. The van der Waals surface area contributed by atoms with Crippen LogP contribution in [0.5, 0.6) is 0 Å². The lowest BCUT2D eigenvalue weighted by atomic mass is 10.1. The molecule has 0 radical (unpaired) electrons. The van der Waals surface area contributed by atoms with Crippen LogP contribution in [0.15, 0.2) is 24.3 Å². The fraction of sp³-hybridized carbons (Fsp3) is 0.600. The van der Waals surface area contributed by atoms with E-state index in [0.29, 0.717) is 17.8 Å². The Morgan fingerprint density at radius 3 is 2.67 bits per heavy atom. The van der Waals surface area contributed by atoms with Crippen molar-refractivity contribution in [2.45, 2.75) is 38.0 Å². The average Bonchev–Trinajstić information content (AvgIpc) is 2.45. The van der Waals surface area contributed by atoms with E-state index >= 15 is 0 Å². The molecule has 0 spiro atoms. The molecule has 2 rings (SSSR count). The van der Waals surface area contributed by atoms with Gasteiger partial charge in [-0.25, -0.2) is 13.1 Å². The topological polar surface area (TPSA) is 75.4 Å². The number of sulfonamides is 1. The minimum Gasteiger partial charge on any atom is -0.399 e. The second kappa shape index (κ2) is 7.24. The number of benzene rings is 1. The van der Waals surface area contributed by atoms with E-state index in [4.69, 9.17) is 5.73 Å². The number of hydrogen-bond acceptors (Lipinski definition) is 4. The Bertz CT molecular complexity index is 554. The molecule has 1 atom stereocenters. The predicted molar refractivity (Wildman–Crippen MR) is 86.4 cm³/mol. The maximum absolute atomic E-state index is 12.1. The molecule has 0 amide bonds. The summed E-state index contributed by atoms with van der Waals surface area (Å²) in [4.78, 5) is 2.35. The first-order valence-corrected chi connectivity index (χ1v) is 9.17. The number of nitrogens with one attached hydrogen (secondary N) is 1. The molecule has 118 valence electrons. The summed E-state index contributed by atoms with van der Waals surface area (Å²) >= 11 is 0. The molecule has 1 heterocycles. The van der Waals surface area contributed by atoms with Gasteiger partial charge in [-0.3, -0.25) is 4.90 Å². The van der Waals surface area contributed by atoms with Gasteiger partial charge in [-0.15, -0.1) is 0 Å². The van der Waals surface area contributed by atoms with Gasteiger partial charge >= 0.3 is 0 Å². The Morgan fingerprint density at radius 2 is 2.00 bits per heavy atom. The number of anilines is 1. The van der Waals surface area contributed by atoms with Crippen LogP contribution in [0.1, 0.15) is 31.7 Å². The molecular weight excluding hydrogens is 286 g/mol. The van der Waals surface area contributed by atoms with E-state index in [2.05, 4.69) is 16.5 Å². The van der Waals surface area contributed by atoms with E-state index in [1.165, 1.54) is 19.3 Å². The van der Waals surface area contributed by atoms with E-state index in [1.54, 1.807) is 24.3 Å². The minimum atomic E-state index is -3.32. The summed E-state index contributed by atoms with van der Waals surface area (Å²) < 4.78 is 27.0. The molecule has 1 aliphatic heterocycles. The van der Waals surface area contributed by atoms with Gasteiger partial charge in [-0.2, -0.15) is 0 Å². The summed E-state index contributed by atoms with van der Waals surface area (Å²) in [6.07, 6.45) is 3.70. The van der Waals surface area contributed by atoms with Gasteiger partial charge in [0.15, 0.2) is 0 Å². The highest BCUT2D eigenvalue weighted by Gasteiger charge is 2.19. The normalized spacial score (nSPS) is 18.5. The molecule has 1 aromatic carbocycles.